The van der Waals surface area contributed by atoms with Crippen molar-refractivity contribution in [2.24, 2.45) is 0 Å². The van der Waals surface area contributed by atoms with Gasteiger partial charge in [0, 0.05) is 31.1 Å². The predicted molar refractivity (Wildman–Crippen MR) is 164 cm³/mol. The minimum absolute atomic E-state index is 0.639. The highest BCUT2D eigenvalue weighted by molar-refractivity contribution is 5.84. The lowest BCUT2D eigenvalue weighted by Gasteiger charge is -2.08. The van der Waals surface area contributed by atoms with Crippen molar-refractivity contribution < 1.29 is 23.8 Å². The Morgan fingerprint density at radius 2 is 1.45 bits per heavy atom. The van der Waals surface area contributed by atoms with Crippen molar-refractivity contribution in [3.63, 3.8) is 0 Å². The Hall–Kier alpha value is -4.03. The van der Waals surface area contributed by atoms with Gasteiger partial charge in [0.25, 0.3) is 0 Å². The molecule has 0 bridgehead atoms. The first-order valence-electron chi connectivity index (χ1n) is 13.6. The van der Waals surface area contributed by atoms with Crippen LogP contribution in [-0.2, 0) is 16.0 Å². The van der Waals surface area contributed by atoms with Crippen LogP contribution in [0.1, 0.15) is 60.5 Å². The molecule has 0 heterocycles. The molecule has 0 amide bonds. The number of unbranched alkanes of at least 4 members (excludes halogenated alkanes) is 3. The SMILES string of the molecule is C=CC=O.CCCc1ccc(-c2ccc(OC)c(C=N)c2)cc1.COCCCCCCOc1ccc(C=O)cc1. The van der Waals surface area contributed by atoms with Crippen molar-refractivity contribution in [2.75, 3.05) is 27.4 Å². The number of ether oxygens (including phenoxy) is 3. The van der Waals surface area contributed by atoms with E-state index in [9.17, 15) is 4.79 Å². The molecular formula is C34H43NO5. The third-order valence-corrected chi connectivity index (χ3v) is 5.84. The number of aryl methyl sites for hydroxylation is 1. The Kier molecular flexibility index (Phi) is 18.6. The highest BCUT2D eigenvalue weighted by Gasteiger charge is 2.04. The van der Waals surface area contributed by atoms with E-state index in [1.807, 2.05) is 30.3 Å². The summed E-state index contributed by atoms with van der Waals surface area (Å²) < 4.78 is 15.8. The molecule has 3 rings (SSSR count). The van der Waals surface area contributed by atoms with Crippen molar-refractivity contribution in [1.29, 1.82) is 5.41 Å². The lowest BCUT2D eigenvalue weighted by Crippen LogP contribution is -1.98. The van der Waals surface area contributed by atoms with Gasteiger partial charge in [-0.15, -0.1) is 0 Å². The average Bonchev–Trinajstić information content (AvgIpc) is 3.01. The predicted octanol–water partition coefficient (Wildman–Crippen LogP) is 7.77. The van der Waals surface area contributed by atoms with Gasteiger partial charge in [-0.3, -0.25) is 9.59 Å². The second-order valence-electron chi connectivity index (χ2n) is 8.86. The molecule has 0 saturated carbocycles. The van der Waals surface area contributed by atoms with E-state index in [2.05, 4.69) is 37.8 Å². The van der Waals surface area contributed by atoms with Crippen molar-refractivity contribution in [3.05, 3.63) is 96.1 Å². The zero-order valence-corrected chi connectivity index (χ0v) is 24.1. The standard InChI is InChI=1S/C17H19NO.C14H20O3.C3H4O/c1-3-4-13-5-7-14(8-6-13)15-9-10-17(19-2)16(11-15)12-18;1-16-10-4-2-3-5-11-17-14-8-6-13(12-15)7-9-14;1-2-3-4/h5-12,18H,3-4H2,1-2H3;6-9,12H,2-5,10-11H2,1H3;2-3H,1H2. The van der Waals surface area contributed by atoms with Crippen LogP contribution < -0.4 is 9.47 Å². The lowest BCUT2D eigenvalue weighted by molar-refractivity contribution is -0.104. The number of hydrogen-bond acceptors (Lipinski definition) is 6. The molecule has 214 valence electrons. The van der Waals surface area contributed by atoms with Crippen LogP contribution in [0.4, 0.5) is 0 Å². The molecule has 0 spiro atoms. The number of carbonyl (C=O) groups is 2. The van der Waals surface area contributed by atoms with Gasteiger partial charge in [-0.1, -0.05) is 56.7 Å². The molecule has 0 saturated heterocycles. The van der Waals surface area contributed by atoms with E-state index < -0.39 is 0 Å². The van der Waals surface area contributed by atoms with E-state index in [1.54, 1.807) is 26.4 Å². The maximum atomic E-state index is 10.5. The molecule has 6 heteroatoms. The van der Waals surface area contributed by atoms with Crippen molar-refractivity contribution in [1.82, 2.24) is 0 Å². The smallest absolute Gasteiger partial charge is 0.150 e. The summed E-state index contributed by atoms with van der Waals surface area (Å²) in [5.74, 6) is 1.56. The van der Waals surface area contributed by atoms with Gasteiger partial charge in [-0.2, -0.15) is 0 Å². The van der Waals surface area contributed by atoms with Crippen molar-refractivity contribution >= 4 is 18.8 Å². The summed E-state index contributed by atoms with van der Waals surface area (Å²) >= 11 is 0. The van der Waals surface area contributed by atoms with Crippen LogP contribution in [0.15, 0.2) is 79.4 Å². The topological polar surface area (TPSA) is 85.7 Å². The monoisotopic (exact) mass is 545 g/mol. The van der Waals surface area contributed by atoms with E-state index in [0.29, 0.717) is 11.8 Å². The third kappa shape index (κ3) is 13.7. The lowest BCUT2D eigenvalue weighted by atomic mass is 10.0. The van der Waals surface area contributed by atoms with E-state index in [-0.39, 0.29) is 0 Å². The summed E-state index contributed by atoms with van der Waals surface area (Å²) in [4.78, 5) is 19.5. The van der Waals surface area contributed by atoms with Gasteiger partial charge >= 0.3 is 0 Å². The van der Waals surface area contributed by atoms with Crippen molar-refractivity contribution in [3.8, 4) is 22.6 Å². The minimum Gasteiger partial charge on any atom is -0.496 e. The van der Waals surface area contributed by atoms with Gasteiger partial charge in [-0.25, -0.2) is 0 Å². The number of rotatable bonds is 15. The molecule has 0 aliphatic rings. The maximum Gasteiger partial charge on any atom is 0.150 e. The Morgan fingerprint density at radius 1 is 0.825 bits per heavy atom. The third-order valence-electron chi connectivity index (χ3n) is 5.84. The van der Waals surface area contributed by atoms with E-state index >= 15 is 0 Å². The van der Waals surface area contributed by atoms with Gasteiger partial charge in [-0.05, 0) is 84.8 Å². The zero-order chi connectivity index (χ0) is 29.4. The van der Waals surface area contributed by atoms with E-state index in [1.165, 1.54) is 36.3 Å². The van der Waals surface area contributed by atoms with Crippen LogP contribution in [-0.4, -0.2) is 46.2 Å². The largest absolute Gasteiger partial charge is 0.496 e. The molecule has 0 aliphatic heterocycles. The Balaban J connectivity index is 0.000000355. The number of hydrogen-bond donors (Lipinski definition) is 1. The fourth-order valence-corrected chi connectivity index (χ4v) is 3.71. The number of nitrogens with one attached hydrogen (secondary N) is 1. The number of carbonyl (C=O) groups excluding carboxylic acids is 2. The summed E-state index contributed by atoms with van der Waals surface area (Å²) in [5.41, 5.74) is 5.13. The molecular weight excluding hydrogens is 502 g/mol. The summed E-state index contributed by atoms with van der Waals surface area (Å²) in [5, 5.41) is 7.43. The van der Waals surface area contributed by atoms with Gasteiger partial charge in [0.2, 0.25) is 0 Å². The van der Waals surface area contributed by atoms with Crippen LogP contribution in [0.25, 0.3) is 11.1 Å². The second-order valence-corrected chi connectivity index (χ2v) is 8.86. The Bertz CT molecular complexity index is 1120. The first kappa shape index (κ1) is 34.0. The molecule has 40 heavy (non-hydrogen) atoms. The van der Waals surface area contributed by atoms with E-state index in [4.69, 9.17) is 24.4 Å². The Morgan fingerprint density at radius 3 is 1.98 bits per heavy atom. The normalized spacial score (nSPS) is 9.68. The Labute approximate surface area is 239 Å². The number of aldehydes is 2. The van der Waals surface area contributed by atoms with Gasteiger partial charge < -0.3 is 19.6 Å². The molecule has 0 aromatic heterocycles. The van der Waals surface area contributed by atoms with Crippen LogP contribution >= 0.6 is 0 Å². The van der Waals surface area contributed by atoms with Crippen molar-refractivity contribution in [2.45, 2.75) is 45.4 Å². The van der Waals surface area contributed by atoms with Gasteiger partial charge in [0.15, 0.2) is 0 Å². The maximum absolute atomic E-state index is 10.5. The van der Waals surface area contributed by atoms with Crippen LogP contribution in [0, 0.1) is 5.41 Å². The summed E-state index contributed by atoms with van der Waals surface area (Å²) in [6, 6.07) is 21.7. The summed E-state index contributed by atoms with van der Waals surface area (Å²) in [6.45, 7) is 6.87. The molecule has 1 N–H and O–H groups in total. The molecule has 0 aliphatic carbocycles. The molecule has 3 aromatic carbocycles. The first-order valence-corrected chi connectivity index (χ1v) is 13.6. The highest BCUT2D eigenvalue weighted by Crippen LogP contribution is 2.26. The molecule has 3 aromatic rings. The quantitative estimate of drug-likeness (QED) is 0.0912. The fraction of sp³-hybridized carbons (Fsp3) is 0.324. The molecule has 0 unspecified atom stereocenters. The molecule has 0 radical (unpaired) electrons. The van der Waals surface area contributed by atoms with Crippen LogP contribution in [0.2, 0.25) is 0 Å². The zero-order valence-electron chi connectivity index (χ0n) is 24.1. The molecule has 0 fully saturated rings. The summed E-state index contributed by atoms with van der Waals surface area (Å²) in [6.07, 6.45) is 10.8. The fourth-order valence-electron chi connectivity index (χ4n) is 3.71. The van der Waals surface area contributed by atoms with E-state index in [0.717, 1.165) is 67.8 Å². The number of benzene rings is 3. The second kappa shape index (κ2) is 21.9. The summed E-state index contributed by atoms with van der Waals surface area (Å²) in [7, 11) is 3.35. The number of allylic oxidation sites excluding steroid dienone is 1. The molecule has 6 nitrogen and oxygen atoms in total. The van der Waals surface area contributed by atoms with Crippen LogP contribution in [0.5, 0.6) is 11.5 Å². The first-order chi connectivity index (χ1) is 19.6. The van der Waals surface area contributed by atoms with Crippen LogP contribution in [0.3, 0.4) is 0 Å². The van der Waals surface area contributed by atoms with Gasteiger partial charge in [0.05, 0.1) is 13.7 Å². The molecule has 0 atom stereocenters. The highest BCUT2D eigenvalue weighted by atomic mass is 16.5. The minimum atomic E-state index is 0.639. The van der Waals surface area contributed by atoms with Gasteiger partial charge in [0.1, 0.15) is 24.1 Å². The average molecular weight is 546 g/mol. The number of methoxy groups -OCH3 is 2.